The molecule has 0 fully saturated rings. The maximum Gasteiger partial charge on any atom is 0.273 e. The van der Waals surface area contributed by atoms with Gasteiger partial charge in [-0.2, -0.15) is 0 Å². The van der Waals surface area contributed by atoms with Gasteiger partial charge in [-0.3, -0.25) is 4.79 Å². The molecule has 2 rings (SSSR count). The monoisotopic (exact) mass is 324 g/mol. The van der Waals surface area contributed by atoms with Crippen molar-refractivity contribution in [2.45, 2.75) is 6.92 Å². The summed E-state index contributed by atoms with van der Waals surface area (Å²) in [5, 5.41) is 0. The molecule has 0 bridgehead atoms. The predicted molar refractivity (Wildman–Crippen MR) is 92.3 cm³/mol. The molecule has 1 aromatic carbocycles. The van der Waals surface area contributed by atoms with Gasteiger partial charge in [-0.15, -0.1) is 0 Å². The summed E-state index contributed by atoms with van der Waals surface area (Å²) in [5.41, 5.74) is 7.44. The fraction of sp³-hybridized carbons (Fsp3) is 0.278. The second kappa shape index (κ2) is 8.65. The number of nitrogens with zero attached hydrogens (tertiary/aromatic N) is 3. The quantitative estimate of drug-likeness (QED) is 0.843. The Hall–Kier alpha value is -2.91. The standard InChI is InChI=1S/C18H20N4O2/c1-14-13-16(21-18(19)20-14)17(23)22(11-12-24-2)10-6-9-15-7-4-3-5-8-15/h3-5,7-8,13H,10-12H2,1-2H3,(H2,19,20,21). The van der Waals surface area contributed by atoms with Crippen molar-refractivity contribution in [3.8, 4) is 11.8 Å². The number of hydrogen-bond donors (Lipinski definition) is 1. The zero-order chi connectivity index (χ0) is 17.4. The summed E-state index contributed by atoms with van der Waals surface area (Å²) in [5.74, 6) is 5.89. The van der Waals surface area contributed by atoms with Crippen LogP contribution in [0.25, 0.3) is 0 Å². The molecule has 0 aliphatic heterocycles. The molecule has 2 N–H and O–H groups in total. The summed E-state index contributed by atoms with van der Waals surface area (Å²) in [6, 6.07) is 11.2. The molecule has 0 saturated heterocycles. The molecule has 0 aliphatic carbocycles. The SMILES string of the molecule is COCCN(CC#Cc1ccccc1)C(=O)c1cc(C)nc(N)n1. The van der Waals surface area contributed by atoms with E-state index in [9.17, 15) is 4.79 Å². The first-order chi connectivity index (χ1) is 11.6. The topological polar surface area (TPSA) is 81.3 Å². The number of aryl methyl sites for hydroxylation is 1. The van der Waals surface area contributed by atoms with Gasteiger partial charge >= 0.3 is 0 Å². The molecule has 0 atom stereocenters. The average Bonchev–Trinajstić information content (AvgIpc) is 2.57. The number of carbonyl (C=O) groups excluding carboxylic acids is 1. The number of rotatable bonds is 5. The van der Waals surface area contributed by atoms with Crippen molar-refractivity contribution < 1.29 is 9.53 Å². The van der Waals surface area contributed by atoms with Gasteiger partial charge in [-0.25, -0.2) is 9.97 Å². The molecule has 0 saturated carbocycles. The van der Waals surface area contributed by atoms with Crippen LogP contribution < -0.4 is 5.73 Å². The van der Waals surface area contributed by atoms with Crippen molar-refractivity contribution in [2.24, 2.45) is 0 Å². The summed E-state index contributed by atoms with van der Waals surface area (Å²) >= 11 is 0. The van der Waals surface area contributed by atoms with Crippen molar-refractivity contribution in [2.75, 3.05) is 32.5 Å². The van der Waals surface area contributed by atoms with E-state index in [1.807, 2.05) is 30.3 Å². The molecule has 0 aliphatic rings. The van der Waals surface area contributed by atoms with Gasteiger partial charge in [0.05, 0.1) is 13.2 Å². The van der Waals surface area contributed by atoms with Crippen LogP contribution in [0.5, 0.6) is 0 Å². The van der Waals surface area contributed by atoms with E-state index >= 15 is 0 Å². The molecule has 0 radical (unpaired) electrons. The van der Waals surface area contributed by atoms with Crippen molar-refractivity contribution in [3.63, 3.8) is 0 Å². The Balaban J connectivity index is 2.15. The highest BCUT2D eigenvalue weighted by Crippen LogP contribution is 2.06. The summed E-state index contributed by atoms with van der Waals surface area (Å²) < 4.78 is 5.07. The van der Waals surface area contributed by atoms with Crippen LogP contribution in [0, 0.1) is 18.8 Å². The van der Waals surface area contributed by atoms with Crippen molar-refractivity contribution >= 4 is 11.9 Å². The number of anilines is 1. The number of nitrogens with two attached hydrogens (primary N) is 1. The summed E-state index contributed by atoms with van der Waals surface area (Å²) in [6.07, 6.45) is 0. The number of amides is 1. The summed E-state index contributed by atoms with van der Waals surface area (Å²) in [6.45, 7) is 2.88. The van der Waals surface area contributed by atoms with Crippen LogP contribution in [0.1, 0.15) is 21.7 Å². The molecule has 6 heteroatoms. The van der Waals surface area contributed by atoms with E-state index in [-0.39, 0.29) is 24.1 Å². The molecule has 1 aromatic heterocycles. The lowest BCUT2D eigenvalue weighted by atomic mass is 10.2. The Labute approximate surface area is 141 Å². The van der Waals surface area contributed by atoms with Crippen molar-refractivity contribution in [1.82, 2.24) is 14.9 Å². The fourth-order valence-corrected chi connectivity index (χ4v) is 2.08. The molecule has 6 nitrogen and oxygen atoms in total. The zero-order valence-electron chi connectivity index (χ0n) is 13.8. The van der Waals surface area contributed by atoms with Crippen LogP contribution in [-0.2, 0) is 4.74 Å². The Bertz CT molecular complexity index is 730. The van der Waals surface area contributed by atoms with Crippen LogP contribution in [0.15, 0.2) is 36.4 Å². The lowest BCUT2D eigenvalue weighted by Gasteiger charge is -2.19. The zero-order valence-corrected chi connectivity index (χ0v) is 13.8. The van der Waals surface area contributed by atoms with E-state index in [1.54, 1.807) is 25.0 Å². The van der Waals surface area contributed by atoms with Crippen LogP contribution in [-0.4, -0.2) is 47.6 Å². The lowest BCUT2D eigenvalue weighted by molar-refractivity contribution is 0.0716. The fourth-order valence-electron chi connectivity index (χ4n) is 2.08. The van der Waals surface area contributed by atoms with Gasteiger partial charge in [0.2, 0.25) is 5.95 Å². The maximum absolute atomic E-state index is 12.7. The highest BCUT2D eigenvalue weighted by Gasteiger charge is 2.17. The molecule has 24 heavy (non-hydrogen) atoms. The molecular weight excluding hydrogens is 304 g/mol. The Morgan fingerprint density at radius 3 is 2.71 bits per heavy atom. The van der Waals surface area contributed by atoms with E-state index in [2.05, 4.69) is 21.8 Å². The normalized spacial score (nSPS) is 9.92. The highest BCUT2D eigenvalue weighted by atomic mass is 16.5. The molecule has 1 amide bonds. The second-order valence-corrected chi connectivity index (χ2v) is 5.14. The number of hydrogen-bond acceptors (Lipinski definition) is 5. The van der Waals surface area contributed by atoms with Gasteiger partial charge in [0.15, 0.2) is 0 Å². The summed E-state index contributed by atoms with van der Waals surface area (Å²) in [7, 11) is 1.59. The smallest absolute Gasteiger partial charge is 0.273 e. The Morgan fingerprint density at radius 1 is 1.29 bits per heavy atom. The minimum atomic E-state index is -0.244. The molecular formula is C18H20N4O2. The van der Waals surface area contributed by atoms with Gasteiger partial charge in [0, 0.05) is 24.9 Å². The third kappa shape index (κ3) is 5.07. The van der Waals surface area contributed by atoms with Gasteiger partial charge in [-0.1, -0.05) is 30.0 Å². The van der Waals surface area contributed by atoms with Crippen molar-refractivity contribution in [1.29, 1.82) is 0 Å². The largest absolute Gasteiger partial charge is 0.383 e. The Kier molecular flexibility index (Phi) is 6.29. The Morgan fingerprint density at radius 2 is 2.04 bits per heavy atom. The predicted octanol–water partition coefficient (Wildman–Crippen LogP) is 1.51. The first-order valence-electron chi connectivity index (χ1n) is 7.53. The van der Waals surface area contributed by atoms with E-state index in [1.165, 1.54) is 0 Å². The van der Waals surface area contributed by atoms with E-state index in [0.717, 1.165) is 5.56 Å². The van der Waals surface area contributed by atoms with E-state index in [0.29, 0.717) is 18.8 Å². The molecule has 124 valence electrons. The first-order valence-corrected chi connectivity index (χ1v) is 7.53. The van der Waals surface area contributed by atoms with Crippen molar-refractivity contribution in [3.05, 3.63) is 53.3 Å². The van der Waals surface area contributed by atoms with Crippen LogP contribution >= 0.6 is 0 Å². The number of nitrogen functional groups attached to an aromatic ring is 1. The molecule has 0 spiro atoms. The number of ether oxygens (including phenoxy) is 1. The van der Waals surface area contributed by atoms with E-state index < -0.39 is 0 Å². The second-order valence-electron chi connectivity index (χ2n) is 5.14. The van der Waals surface area contributed by atoms with Gasteiger partial charge in [-0.05, 0) is 25.1 Å². The van der Waals surface area contributed by atoms with Gasteiger partial charge in [0.25, 0.3) is 5.91 Å². The number of methoxy groups -OCH3 is 1. The maximum atomic E-state index is 12.7. The van der Waals surface area contributed by atoms with Gasteiger partial charge < -0.3 is 15.4 Å². The van der Waals surface area contributed by atoms with Crippen LogP contribution in [0.4, 0.5) is 5.95 Å². The first kappa shape index (κ1) is 17.4. The average molecular weight is 324 g/mol. The van der Waals surface area contributed by atoms with Crippen LogP contribution in [0.3, 0.4) is 0 Å². The van der Waals surface area contributed by atoms with Crippen LogP contribution in [0.2, 0.25) is 0 Å². The number of carbonyl (C=O) groups is 1. The number of benzene rings is 1. The minimum absolute atomic E-state index is 0.0837. The third-order valence-corrected chi connectivity index (χ3v) is 3.22. The highest BCUT2D eigenvalue weighted by molar-refractivity contribution is 5.92. The van der Waals surface area contributed by atoms with Gasteiger partial charge in [0.1, 0.15) is 5.69 Å². The number of aromatic nitrogens is 2. The van der Waals surface area contributed by atoms with E-state index in [4.69, 9.17) is 10.5 Å². The summed E-state index contributed by atoms with van der Waals surface area (Å²) in [4.78, 5) is 22.2. The molecule has 1 heterocycles. The molecule has 2 aromatic rings. The molecule has 0 unspecified atom stereocenters. The third-order valence-electron chi connectivity index (χ3n) is 3.22. The lowest BCUT2D eigenvalue weighted by Crippen LogP contribution is -2.35. The minimum Gasteiger partial charge on any atom is -0.383 e.